The second-order valence-electron chi connectivity index (χ2n) is 7.26. The van der Waals surface area contributed by atoms with Crippen LogP contribution >= 0.6 is 11.6 Å². The summed E-state index contributed by atoms with van der Waals surface area (Å²) in [7, 11) is 1.45. The molecule has 10 heteroatoms. The molecule has 3 N–H and O–H groups in total. The fourth-order valence-corrected chi connectivity index (χ4v) is 2.61. The number of pyridine rings is 1. The van der Waals surface area contributed by atoms with Gasteiger partial charge in [-0.25, -0.2) is 8.78 Å². The van der Waals surface area contributed by atoms with Crippen molar-refractivity contribution in [2.75, 3.05) is 6.54 Å². The number of amides is 1. The van der Waals surface area contributed by atoms with Gasteiger partial charge in [-0.15, -0.1) is 0 Å². The molecule has 2 aromatic rings. The van der Waals surface area contributed by atoms with Gasteiger partial charge in [0.1, 0.15) is 11.4 Å². The first-order valence-corrected chi connectivity index (χ1v) is 9.99. The third-order valence-corrected chi connectivity index (χ3v) is 4.15. The van der Waals surface area contributed by atoms with E-state index in [0.717, 1.165) is 17.5 Å². The Labute approximate surface area is 184 Å². The standard InChI is InChI=1S/C18H16ClF2N5O.C3H8O/c1-26-9-12(15(25-26)17(20)21)18(27)24-8-14(22)16-13(19)6-11(7-23-16)5-4-10-2-3-10;1-3(2)4/h6-7,9-10,17,22H,2-3,8H2,1H3,(H,24,27);3-4H,1-2H3. The summed E-state index contributed by atoms with van der Waals surface area (Å²) >= 11 is 6.16. The monoisotopic (exact) mass is 451 g/mol. The highest BCUT2D eigenvalue weighted by molar-refractivity contribution is 6.34. The fraction of sp³-hybridized carbons (Fsp3) is 0.429. The first kappa shape index (κ1) is 24.4. The topological polar surface area (TPSA) is 104 Å². The number of nitrogens with one attached hydrogen (secondary N) is 2. The first-order chi connectivity index (χ1) is 14.6. The molecule has 1 aliphatic rings. The maximum Gasteiger partial charge on any atom is 0.282 e. The van der Waals surface area contributed by atoms with Gasteiger partial charge < -0.3 is 15.8 Å². The summed E-state index contributed by atoms with van der Waals surface area (Å²) in [5.74, 6) is 5.78. The molecule has 2 heterocycles. The Hall–Kier alpha value is -2.83. The lowest BCUT2D eigenvalue weighted by Crippen LogP contribution is -2.30. The Kier molecular flexibility index (Phi) is 8.65. The van der Waals surface area contributed by atoms with Crippen molar-refractivity contribution < 1.29 is 18.7 Å². The molecule has 0 spiro atoms. The summed E-state index contributed by atoms with van der Waals surface area (Å²) in [6, 6.07) is 1.62. The van der Waals surface area contributed by atoms with Crippen LogP contribution in [0.1, 0.15) is 60.4 Å². The number of hydrogen-bond acceptors (Lipinski definition) is 5. The second-order valence-corrected chi connectivity index (χ2v) is 7.66. The van der Waals surface area contributed by atoms with Crippen molar-refractivity contribution in [2.45, 2.75) is 39.2 Å². The fourth-order valence-electron chi connectivity index (χ4n) is 2.33. The van der Waals surface area contributed by atoms with Gasteiger partial charge in [-0.05, 0) is 32.8 Å². The molecule has 0 unspecified atom stereocenters. The average Bonchev–Trinajstić information content (AvgIpc) is 3.43. The zero-order valence-corrected chi connectivity index (χ0v) is 18.2. The number of hydrogen-bond donors (Lipinski definition) is 3. The van der Waals surface area contributed by atoms with Gasteiger partial charge in [0, 0.05) is 37.0 Å². The summed E-state index contributed by atoms with van der Waals surface area (Å²) in [5, 5.41) is 22.4. The van der Waals surface area contributed by atoms with E-state index in [1.165, 1.54) is 19.4 Å². The summed E-state index contributed by atoms with van der Waals surface area (Å²) in [6.07, 6.45) is 1.91. The Morgan fingerprint density at radius 3 is 2.65 bits per heavy atom. The molecule has 0 aromatic carbocycles. The van der Waals surface area contributed by atoms with Crippen molar-refractivity contribution in [3.8, 4) is 11.8 Å². The smallest absolute Gasteiger partial charge is 0.282 e. The zero-order valence-electron chi connectivity index (χ0n) is 17.4. The zero-order chi connectivity index (χ0) is 23.1. The number of halogens is 3. The van der Waals surface area contributed by atoms with E-state index < -0.39 is 18.0 Å². The van der Waals surface area contributed by atoms with Gasteiger partial charge in [-0.1, -0.05) is 23.4 Å². The van der Waals surface area contributed by atoms with Crippen LogP contribution in [0.15, 0.2) is 18.5 Å². The first-order valence-electron chi connectivity index (χ1n) is 9.61. The molecule has 7 nitrogen and oxygen atoms in total. The number of carbonyl (C=O) groups is 1. The normalized spacial score (nSPS) is 12.7. The third kappa shape index (κ3) is 7.74. The van der Waals surface area contributed by atoms with Crippen molar-refractivity contribution in [2.24, 2.45) is 13.0 Å². The number of alkyl halides is 2. The van der Waals surface area contributed by atoms with Crippen LogP contribution in [0.25, 0.3) is 0 Å². The van der Waals surface area contributed by atoms with Crippen molar-refractivity contribution in [3.05, 3.63) is 46.0 Å². The Morgan fingerprint density at radius 2 is 2.10 bits per heavy atom. The minimum Gasteiger partial charge on any atom is -0.394 e. The third-order valence-electron chi connectivity index (χ3n) is 3.86. The Morgan fingerprint density at radius 1 is 1.45 bits per heavy atom. The maximum atomic E-state index is 12.9. The van der Waals surface area contributed by atoms with Crippen molar-refractivity contribution in [1.82, 2.24) is 20.1 Å². The molecule has 0 bridgehead atoms. The molecule has 1 saturated carbocycles. The van der Waals surface area contributed by atoms with Crippen molar-refractivity contribution in [3.63, 3.8) is 0 Å². The van der Waals surface area contributed by atoms with Crippen LogP contribution < -0.4 is 5.32 Å². The van der Waals surface area contributed by atoms with Crippen LogP contribution in [0.2, 0.25) is 5.02 Å². The number of carbonyl (C=O) groups excluding carboxylic acids is 1. The van der Waals surface area contributed by atoms with Gasteiger partial charge in [0.25, 0.3) is 12.3 Å². The molecule has 3 rings (SSSR count). The quantitative estimate of drug-likeness (QED) is 0.479. The highest BCUT2D eigenvalue weighted by Gasteiger charge is 2.23. The molecule has 0 aliphatic heterocycles. The van der Waals surface area contributed by atoms with Gasteiger partial charge in [-0.3, -0.25) is 14.5 Å². The van der Waals surface area contributed by atoms with E-state index in [-0.39, 0.29) is 34.6 Å². The molecule has 1 aliphatic carbocycles. The second kappa shape index (κ2) is 11.0. The molecule has 1 amide bonds. The highest BCUT2D eigenvalue weighted by atomic mass is 35.5. The van der Waals surface area contributed by atoms with E-state index in [4.69, 9.17) is 22.1 Å². The Bertz CT molecular complexity index is 1000. The number of nitrogens with zero attached hydrogens (tertiary/aromatic N) is 3. The van der Waals surface area contributed by atoms with Crippen molar-refractivity contribution >= 4 is 23.2 Å². The SMILES string of the molecule is CC(C)O.Cn1cc(C(=O)NCC(=N)c2ncc(C#CC3CC3)cc2Cl)c(C(F)F)n1. The van der Waals surface area contributed by atoms with Crippen LogP contribution in [-0.4, -0.2) is 44.1 Å². The number of aliphatic hydroxyl groups excluding tert-OH is 1. The number of aryl methyl sites for hydroxylation is 1. The minimum absolute atomic E-state index is 0.0439. The van der Waals surface area contributed by atoms with Crippen LogP contribution in [0.4, 0.5) is 8.78 Å². The lowest BCUT2D eigenvalue weighted by molar-refractivity contribution is 0.0944. The average molecular weight is 452 g/mol. The van der Waals surface area contributed by atoms with E-state index in [0.29, 0.717) is 11.5 Å². The number of aliphatic hydroxyl groups is 1. The van der Waals surface area contributed by atoms with Crippen LogP contribution in [-0.2, 0) is 7.05 Å². The number of aromatic nitrogens is 3. The largest absolute Gasteiger partial charge is 0.394 e. The maximum absolute atomic E-state index is 12.9. The lowest BCUT2D eigenvalue weighted by atomic mass is 10.2. The highest BCUT2D eigenvalue weighted by Crippen LogP contribution is 2.27. The van der Waals surface area contributed by atoms with Gasteiger partial charge >= 0.3 is 0 Å². The Balaban J connectivity index is 0.000000785. The van der Waals surface area contributed by atoms with E-state index in [2.05, 4.69) is 27.2 Å². The van der Waals surface area contributed by atoms with Crippen LogP contribution in [0, 0.1) is 23.2 Å². The van der Waals surface area contributed by atoms with Gasteiger partial charge in [-0.2, -0.15) is 5.10 Å². The van der Waals surface area contributed by atoms with E-state index in [1.807, 2.05) is 0 Å². The molecular formula is C21H24ClF2N5O2. The molecule has 31 heavy (non-hydrogen) atoms. The van der Waals surface area contributed by atoms with E-state index in [1.54, 1.807) is 19.9 Å². The summed E-state index contributed by atoms with van der Waals surface area (Å²) in [6.45, 7) is 3.23. The van der Waals surface area contributed by atoms with E-state index in [9.17, 15) is 13.6 Å². The van der Waals surface area contributed by atoms with Gasteiger partial charge in [0.05, 0.1) is 22.8 Å². The van der Waals surface area contributed by atoms with E-state index >= 15 is 0 Å². The molecular weight excluding hydrogens is 428 g/mol. The minimum atomic E-state index is -2.87. The summed E-state index contributed by atoms with van der Waals surface area (Å²) in [5.41, 5.74) is -0.0162. The molecule has 2 aromatic heterocycles. The molecule has 166 valence electrons. The van der Waals surface area contributed by atoms with Gasteiger partial charge in [0.2, 0.25) is 0 Å². The molecule has 1 fully saturated rings. The molecule has 0 radical (unpaired) electrons. The van der Waals surface area contributed by atoms with Crippen LogP contribution in [0.3, 0.4) is 0 Å². The predicted octanol–water partition coefficient (Wildman–Crippen LogP) is 3.35. The van der Waals surface area contributed by atoms with Gasteiger partial charge in [0.15, 0.2) is 0 Å². The van der Waals surface area contributed by atoms with Crippen LogP contribution in [0.5, 0.6) is 0 Å². The summed E-state index contributed by atoms with van der Waals surface area (Å²) in [4.78, 5) is 16.3. The predicted molar refractivity (Wildman–Crippen MR) is 114 cm³/mol. The summed E-state index contributed by atoms with van der Waals surface area (Å²) < 4.78 is 27.0. The number of rotatable bonds is 5. The molecule has 0 saturated heterocycles. The molecule has 0 atom stereocenters. The van der Waals surface area contributed by atoms with Crippen molar-refractivity contribution in [1.29, 1.82) is 5.41 Å². The lowest BCUT2D eigenvalue weighted by Gasteiger charge is -2.08.